The Kier molecular flexibility index (Phi) is 6.42. The molecule has 2 aromatic rings. The molecule has 1 aliphatic heterocycles. The van der Waals surface area contributed by atoms with E-state index in [1.54, 1.807) is 19.2 Å². The van der Waals surface area contributed by atoms with Crippen molar-refractivity contribution in [2.24, 2.45) is 5.92 Å². The summed E-state index contributed by atoms with van der Waals surface area (Å²) in [7, 11) is 0. The van der Waals surface area contributed by atoms with E-state index in [0.717, 1.165) is 38.7 Å². The quantitative estimate of drug-likeness (QED) is 0.649. The van der Waals surface area contributed by atoms with Gasteiger partial charge in [0.15, 0.2) is 0 Å². The first kappa shape index (κ1) is 22.6. The van der Waals surface area contributed by atoms with Crippen LogP contribution in [0.2, 0.25) is 0 Å². The third-order valence-corrected chi connectivity index (χ3v) is 6.51. The molecule has 0 atom stereocenters. The molecule has 1 aromatic carbocycles. The molecule has 0 radical (unpaired) electrons. The summed E-state index contributed by atoms with van der Waals surface area (Å²) >= 11 is 0. The molecule has 1 aliphatic carbocycles. The summed E-state index contributed by atoms with van der Waals surface area (Å²) in [6.07, 6.45) is 0.286. The van der Waals surface area contributed by atoms with E-state index in [1.807, 2.05) is 0 Å². The molecule has 1 saturated carbocycles. The second kappa shape index (κ2) is 9.10. The number of anilines is 2. The maximum absolute atomic E-state index is 12.5. The first-order valence-electron chi connectivity index (χ1n) is 11.0. The van der Waals surface area contributed by atoms with E-state index in [-0.39, 0.29) is 5.60 Å². The highest BCUT2D eigenvalue weighted by Gasteiger charge is 2.41. The van der Waals surface area contributed by atoms with Crippen molar-refractivity contribution in [2.75, 3.05) is 23.8 Å². The van der Waals surface area contributed by atoms with Crippen molar-refractivity contribution < 1.29 is 22.7 Å². The van der Waals surface area contributed by atoms with Crippen LogP contribution in [-0.4, -0.2) is 30.2 Å². The van der Waals surface area contributed by atoms with Crippen molar-refractivity contribution in [1.82, 2.24) is 4.98 Å². The molecule has 2 aliphatic rings. The summed E-state index contributed by atoms with van der Waals surface area (Å²) in [5.74, 6) is -0.302. The molecule has 172 valence electrons. The molecule has 1 amide bonds. The lowest BCUT2D eigenvalue weighted by molar-refractivity contribution is -0.150. The Hall–Kier alpha value is -2.61. The maximum Gasteiger partial charge on any atom is 0.397 e. The number of aryl methyl sites for hydroxylation is 1. The van der Waals surface area contributed by atoms with E-state index >= 15 is 0 Å². The first-order valence-corrected chi connectivity index (χ1v) is 11.0. The van der Waals surface area contributed by atoms with Crippen molar-refractivity contribution >= 4 is 17.4 Å². The Morgan fingerprint density at radius 1 is 1.22 bits per heavy atom. The number of carbonyl (C=O) groups excluding carboxylic acids is 1. The molecule has 0 saturated heterocycles. The summed E-state index contributed by atoms with van der Waals surface area (Å²) in [6, 6.07) is 10.2. The van der Waals surface area contributed by atoms with E-state index in [4.69, 9.17) is 4.74 Å². The highest BCUT2D eigenvalue weighted by atomic mass is 19.4. The smallest absolute Gasteiger partial charge is 0.370 e. The van der Waals surface area contributed by atoms with Gasteiger partial charge in [-0.3, -0.25) is 4.79 Å². The van der Waals surface area contributed by atoms with Gasteiger partial charge < -0.3 is 15.4 Å². The minimum absolute atomic E-state index is 0.205. The zero-order valence-corrected chi connectivity index (χ0v) is 18.1. The normalized spacial score (nSPS) is 22.9. The monoisotopic (exact) mass is 447 g/mol. The van der Waals surface area contributed by atoms with Crippen LogP contribution in [0.25, 0.3) is 0 Å². The summed E-state index contributed by atoms with van der Waals surface area (Å²) in [4.78, 5) is 16.1. The zero-order chi connectivity index (χ0) is 22.8. The predicted molar refractivity (Wildman–Crippen MR) is 116 cm³/mol. The number of hydrogen-bond acceptors (Lipinski definition) is 4. The van der Waals surface area contributed by atoms with Gasteiger partial charge >= 0.3 is 6.18 Å². The lowest BCUT2D eigenvalue weighted by atomic mass is 9.72. The van der Waals surface area contributed by atoms with Crippen molar-refractivity contribution in [3.05, 3.63) is 53.2 Å². The fourth-order valence-electron chi connectivity index (χ4n) is 4.84. The summed E-state index contributed by atoms with van der Waals surface area (Å²) in [6.45, 7) is 3.11. The van der Waals surface area contributed by atoms with Crippen molar-refractivity contribution in [1.29, 1.82) is 0 Å². The fourth-order valence-corrected chi connectivity index (χ4v) is 4.84. The van der Waals surface area contributed by atoms with Gasteiger partial charge in [0.25, 0.3) is 0 Å². The van der Waals surface area contributed by atoms with Gasteiger partial charge in [-0.1, -0.05) is 24.3 Å². The molecule has 0 bridgehead atoms. The molecule has 8 heteroatoms. The van der Waals surface area contributed by atoms with Gasteiger partial charge in [-0.2, -0.15) is 13.2 Å². The van der Waals surface area contributed by atoms with E-state index in [0.29, 0.717) is 29.5 Å². The largest absolute Gasteiger partial charge is 0.397 e. The predicted octanol–water partition coefficient (Wildman–Crippen LogP) is 5.35. The number of hydrogen-bond donors (Lipinski definition) is 2. The van der Waals surface area contributed by atoms with Gasteiger partial charge in [-0.05, 0) is 67.7 Å². The molecule has 1 fully saturated rings. The number of amides is 1. The van der Waals surface area contributed by atoms with Crippen molar-refractivity contribution in [3.8, 4) is 0 Å². The van der Waals surface area contributed by atoms with Gasteiger partial charge in [0, 0.05) is 12.7 Å². The summed E-state index contributed by atoms with van der Waals surface area (Å²) < 4.78 is 43.9. The second-order valence-corrected chi connectivity index (χ2v) is 8.77. The minimum Gasteiger partial charge on any atom is -0.370 e. The Bertz CT molecular complexity index is 969. The molecular formula is C24H28F3N3O2. The van der Waals surface area contributed by atoms with Crippen LogP contribution in [0.3, 0.4) is 0 Å². The third kappa shape index (κ3) is 5.06. The lowest BCUT2D eigenvalue weighted by Crippen LogP contribution is -2.40. The molecule has 1 spiro atoms. The minimum atomic E-state index is -4.55. The van der Waals surface area contributed by atoms with Crippen LogP contribution < -0.4 is 10.6 Å². The standard InChI is InChI=1S/C24H28F3N3O2/c1-16-8-12-28-22(21(16)30-20(31)14-24(25,26)27)29-15-17-6-10-23(11-7-17)19-5-3-2-4-18(19)9-13-32-23/h2-5,8,12,17H,6-7,9-11,13-15H2,1H3,(H,28,29)(H,30,31). The number of aromatic nitrogens is 1. The summed E-state index contributed by atoms with van der Waals surface area (Å²) in [5, 5.41) is 5.63. The van der Waals surface area contributed by atoms with Crippen LogP contribution in [0.15, 0.2) is 36.5 Å². The van der Waals surface area contributed by atoms with Crippen LogP contribution in [0.1, 0.15) is 48.8 Å². The van der Waals surface area contributed by atoms with Crippen molar-refractivity contribution in [3.63, 3.8) is 0 Å². The van der Waals surface area contributed by atoms with Gasteiger partial charge in [0.05, 0.1) is 17.9 Å². The number of alkyl halides is 3. The van der Waals surface area contributed by atoms with Crippen LogP contribution >= 0.6 is 0 Å². The van der Waals surface area contributed by atoms with Gasteiger partial charge in [0.2, 0.25) is 5.91 Å². The first-order chi connectivity index (χ1) is 15.3. The molecule has 4 rings (SSSR count). The average molecular weight is 448 g/mol. The van der Waals surface area contributed by atoms with E-state index in [9.17, 15) is 18.0 Å². The lowest BCUT2D eigenvalue weighted by Gasteiger charge is -2.44. The molecule has 0 unspecified atom stereocenters. The molecule has 2 N–H and O–H groups in total. The van der Waals surface area contributed by atoms with Gasteiger partial charge in [-0.25, -0.2) is 4.98 Å². The van der Waals surface area contributed by atoms with Gasteiger partial charge in [0.1, 0.15) is 12.2 Å². The number of halogens is 3. The number of nitrogens with one attached hydrogen (secondary N) is 2. The number of ether oxygens (including phenoxy) is 1. The Morgan fingerprint density at radius 2 is 1.97 bits per heavy atom. The number of benzene rings is 1. The average Bonchev–Trinajstić information content (AvgIpc) is 2.74. The zero-order valence-electron chi connectivity index (χ0n) is 18.1. The van der Waals surface area contributed by atoms with Crippen LogP contribution in [0.5, 0.6) is 0 Å². The fraction of sp³-hybridized carbons (Fsp3) is 0.500. The van der Waals surface area contributed by atoms with Gasteiger partial charge in [-0.15, -0.1) is 0 Å². The van der Waals surface area contributed by atoms with Crippen molar-refractivity contribution in [2.45, 2.75) is 57.2 Å². The summed E-state index contributed by atoms with van der Waals surface area (Å²) in [5.41, 5.74) is 3.45. The molecular weight excluding hydrogens is 419 g/mol. The van der Waals surface area contributed by atoms with E-state index < -0.39 is 18.5 Å². The van der Waals surface area contributed by atoms with E-state index in [1.165, 1.54) is 11.1 Å². The molecule has 32 heavy (non-hydrogen) atoms. The number of pyridine rings is 1. The van der Waals surface area contributed by atoms with Crippen LogP contribution in [0, 0.1) is 12.8 Å². The van der Waals surface area contributed by atoms with Crippen LogP contribution in [0.4, 0.5) is 24.7 Å². The molecule has 2 heterocycles. The number of fused-ring (bicyclic) bond motifs is 2. The Labute approximate surface area is 185 Å². The van der Waals surface area contributed by atoms with Crippen LogP contribution in [-0.2, 0) is 21.6 Å². The van der Waals surface area contributed by atoms with E-state index in [2.05, 4.69) is 39.9 Å². The Balaban J connectivity index is 1.38. The third-order valence-electron chi connectivity index (χ3n) is 6.51. The number of carbonyl (C=O) groups is 1. The highest BCUT2D eigenvalue weighted by Crippen LogP contribution is 2.46. The second-order valence-electron chi connectivity index (χ2n) is 8.77. The number of rotatable bonds is 5. The molecule has 5 nitrogen and oxygen atoms in total. The highest BCUT2D eigenvalue weighted by molar-refractivity contribution is 5.94. The number of nitrogens with zero attached hydrogens (tertiary/aromatic N) is 1. The molecule has 1 aromatic heterocycles. The Morgan fingerprint density at radius 3 is 2.72 bits per heavy atom. The SMILES string of the molecule is Cc1ccnc(NCC2CCC3(CC2)OCCc2ccccc23)c1NC(=O)CC(F)(F)F. The topological polar surface area (TPSA) is 63.3 Å². The maximum atomic E-state index is 12.5.